The molecule has 5 heteroatoms. The van der Waals surface area contributed by atoms with Gasteiger partial charge in [0.15, 0.2) is 5.78 Å². The van der Waals surface area contributed by atoms with Gasteiger partial charge in [-0.1, -0.05) is 19.9 Å². The van der Waals surface area contributed by atoms with Crippen molar-refractivity contribution in [2.45, 2.75) is 32.8 Å². The highest BCUT2D eigenvalue weighted by Gasteiger charge is 2.47. The van der Waals surface area contributed by atoms with E-state index in [1.165, 1.54) is 18.2 Å². The number of carbonyl (C=O) groups excluding carboxylic acids is 1. The number of carbonyl (C=O) groups is 2. The van der Waals surface area contributed by atoms with Crippen LogP contribution in [0, 0.1) is 10.8 Å². The third-order valence-electron chi connectivity index (χ3n) is 3.50. The Kier molecular flexibility index (Phi) is 4.45. The highest BCUT2D eigenvalue weighted by Crippen LogP contribution is 2.43. The molecule has 0 spiro atoms. The van der Waals surface area contributed by atoms with E-state index in [9.17, 15) is 14.7 Å². The summed E-state index contributed by atoms with van der Waals surface area (Å²) in [6.45, 7) is 5.08. The smallest absolute Gasteiger partial charge is 0.328 e. The van der Waals surface area contributed by atoms with Gasteiger partial charge in [0.1, 0.15) is 5.60 Å². The van der Waals surface area contributed by atoms with Crippen molar-refractivity contribution >= 4 is 18.0 Å². The third-order valence-corrected chi connectivity index (χ3v) is 3.50. The summed E-state index contributed by atoms with van der Waals surface area (Å²) in [5.41, 5.74) is -1.58. The van der Waals surface area contributed by atoms with E-state index in [1.807, 2.05) is 0 Å². The van der Waals surface area contributed by atoms with Gasteiger partial charge in [-0.15, -0.1) is 0 Å². The SMILES string of the molecule is CC(/C=C/C1(O)C(C=N)=CC(=O)CC1(C)C)=C\C(=O)O. The average molecular weight is 277 g/mol. The summed E-state index contributed by atoms with van der Waals surface area (Å²) in [5.74, 6) is -1.20. The lowest BCUT2D eigenvalue weighted by Gasteiger charge is -2.43. The molecule has 0 radical (unpaired) electrons. The number of carboxylic acid groups (broad SMARTS) is 1. The van der Waals surface area contributed by atoms with E-state index < -0.39 is 17.0 Å². The van der Waals surface area contributed by atoms with Gasteiger partial charge in [0.2, 0.25) is 0 Å². The van der Waals surface area contributed by atoms with Crippen LogP contribution >= 0.6 is 0 Å². The Morgan fingerprint density at radius 1 is 1.45 bits per heavy atom. The standard InChI is InChI=1S/C15H19NO4/c1-10(6-13(18)19)4-5-15(20)11(9-16)7-12(17)8-14(15,2)3/h4-7,9,16,20H,8H2,1-3H3,(H,18,19)/b5-4+,10-6+,16-9?. The summed E-state index contributed by atoms with van der Waals surface area (Å²) in [6.07, 6.45) is 6.34. The van der Waals surface area contributed by atoms with Crippen molar-refractivity contribution in [3.63, 3.8) is 0 Å². The van der Waals surface area contributed by atoms with Crippen LogP contribution in [0.15, 0.2) is 35.5 Å². The van der Waals surface area contributed by atoms with E-state index in [4.69, 9.17) is 10.5 Å². The minimum absolute atomic E-state index is 0.135. The average Bonchev–Trinajstić information content (AvgIpc) is 2.30. The molecule has 108 valence electrons. The summed E-state index contributed by atoms with van der Waals surface area (Å²) in [7, 11) is 0. The molecule has 0 fully saturated rings. The predicted molar refractivity (Wildman–Crippen MR) is 75.8 cm³/mol. The lowest BCUT2D eigenvalue weighted by Crippen LogP contribution is -2.49. The summed E-state index contributed by atoms with van der Waals surface area (Å²) in [4.78, 5) is 22.2. The number of aliphatic hydroxyl groups is 1. The summed E-state index contributed by atoms with van der Waals surface area (Å²) in [6, 6.07) is 0. The first-order chi connectivity index (χ1) is 9.12. The van der Waals surface area contributed by atoms with Crippen molar-refractivity contribution in [2.75, 3.05) is 0 Å². The lowest BCUT2D eigenvalue weighted by molar-refractivity contribution is -0.131. The maximum atomic E-state index is 11.6. The molecule has 0 amide bonds. The molecule has 0 aromatic carbocycles. The minimum atomic E-state index is -1.48. The van der Waals surface area contributed by atoms with E-state index in [0.29, 0.717) is 5.57 Å². The molecule has 0 aliphatic heterocycles. The fourth-order valence-electron chi connectivity index (χ4n) is 2.26. The number of ketones is 1. The van der Waals surface area contributed by atoms with Crippen LogP contribution in [0.1, 0.15) is 27.2 Å². The second-order valence-corrected chi connectivity index (χ2v) is 5.60. The highest BCUT2D eigenvalue weighted by molar-refractivity contribution is 5.99. The normalized spacial score (nSPS) is 26.5. The topological polar surface area (TPSA) is 98.5 Å². The second kappa shape index (κ2) is 5.54. The molecule has 20 heavy (non-hydrogen) atoms. The Bertz CT molecular complexity index is 540. The number of aliphatic carboxylic acids is 1. The minimum Gasteiger partial charge on any atom is -0.478 e. The van der Waals surface area contributed by atoms with Crippen molar-refractivity contribution in [1.29, 1.82) is 5.41 Å². The van der Waals surface area contributed by atoms with Gasteiger partial charge >= 0.3 is 5.97 Å². The van der Waals surface area contributed by atoms with E-state index in [0.717, 1.165) is 12.3 Å². The van der Waals surface area contributed by atoms with E-state index in [2.05, 4.69) is 0 Å². The molecule has 5 nitrogen and oxygen atoms in total. The van der Waals surface area contributed by atoms with Crippen molar-refractivity contribution in [1.82, 2.24) is 0 Å². The zero-order valence-corrected chi connectivity index (χ0v) is 11.8. The monoisotopic (exact) mass is 277 g/mol. The van der Waals surface area contributed by atoms with Crippen LogP contribution in [0.3, 0.4) is 0 Å². The molecule has 0 bridgehead atoms. The van der Waals surface area contributed by atoms with Crippen LogP contribution in [0.5, 0.6) is 0 Å². The quantitative estimate of drug-likeness (QED) is 0.415. The van der Waals surface area contributed by atoms with Gasteiger partial charge in [-0.3, -0.25) is 4.79 Å². The number of hydrogen-bond donors (Lipinski definition) is 3. The Labute approximate surface area is 117 Å². The van der Waals surface area contributed by atoms with Crippen molar-refractivity contribution < 1.29 is 19.8 Å². The summed E-state index contributed by atoms with van der Waals surface area (Å²) in [5, 5.41) is 26.9. The number of rotatable bonds is 4. The Balaban J connectivity index is 3.25. The Morgan fingerprint density at radius 3 is 2.55 bits per heavy atom. The molecule has 1 aliphatic rings. The Morgan fingerprint density at radius 2 is 2.05 bits per heavy atom. The number of carboxylic acids is 1. The number of nitrogens with one attached hydrogen (secondary N) is 1. The zero-order valence-electron chi connectivity index (χ0n) is 11.8. The van der Waals surface area contributed by atoms with Gasteiger partial charge in [0, 0.05) is 29.7 Å². The first kappa shape index (κ1) is 16.0. The maximum Gasteiger partial charge on any atom is 0.328 e. The second-order valence-electron chi connectivity index (χ2n) is 5.60. The van der Waals surface area contributed by atoms with Gasteiger partial charge in [-0.2, -0.15) is 0 Å². The Hall–Kier alpha value is -2.01. The number of allylic oxidation sites excluding steroid dienone is 3. The molecular formula is C15H19NO4. The van der Waals surface area contributed by atoms with Crippen LogP contribution in [0.2, 0.25) is 0 Å². The summed E-state index contributed by atoms with van der Waals surface area (Å²) >= 11 is 0. The van der Waals surface area contributed by atoms with Crippen LogP contribution in [-0.2, 0) is 9.59 Å². The molecular weight excluding hydrogens is 258 g/mol. The van der Waals surface area contributed by atoms with Gasteiger partial charge in [0.05, 0.1) is 0 Å². The molecule has 1 atom stereocenters. The van der Waals surface area contributed by atoms with Gasteiger partial charge in [-0.05, 0) is 24.6 Å². The molecule has 1 unspecified atom stereocenters. The van der Waals surface area contributed by atoms with E-state index in [-0.39, 0.29) is 17.8 Å². The fraction of sp³-hybridized carbons (Fsp3) is 0.400. The molecule has 3 N–H and O–H groups in total. The maximum absolute atomic E-state index is 11.6. The van der Waals surface area contributed by atoms with Crippen molar-refractivity contribution in [2.24, 2.45) is 5.41 Å². The van der Waals surface area contributed by atoms with Crippen LogP contribution in [0.4, 0.5) is 0 Å². The van der Waals surface area contributed by atoms with Crippen LogP contribution in [0.25, 0.3) is 0 Å². The van der Waals surface area contributed by atoms with Gasteiger partial charge in [0.25, 0.3) is 0 Å². The molecule has 1 aliphatic carbocycles. The van der Waals surface area contributed by atoms with Gasteiger partial charge < -0.3 is 15.6 Å². The van der Waals surface area contributed by atoms with Crippen molar-refractivity contribution in [3.05, 3.63) is 35.5 Å². The zero-order chi connectivity index (χ0) is 15.6. The molecule has 0 heterocycles. The number of hydrogen-bond acceptors (Lipinski definition) is 4. The van der Waals surface area contributed by atoms with Crippen LogP contribution in [-0.4, -0.2) is 33.8 Å². The predicted octanol–water partition coefficient (Wildman–Crippen LogP) is 1.88. The van der Waals surface area contributed by atoms with Gasteiger partial charge in [-0.25, -0.2) is 4.79 Å². The molecule has 1 rings (SSSR count). The fourth-order valence-corrected chi connectivity index (χ4v) is 2.26. The summed E-state index contributed by atoms with van der Waals surface area (Å²) < 4.78 is 0. The largest absolute Gasteiger partial charge is 0.478 e. The molecule has 0 aromatic heterocycles. The van der Waals surface area contributed by atoms with E-state index >= 15 is 0 Å². The molecule has 0 saturated carbocycles. The first-order valence-corrected chi connectivity index (χ1v) is 6.21. The van der Waals surface area contributed by atoms with E-state index in [1.54, 1.807) is 20.8 Å². The third kappa shape index (κ3) is 3.11. The van der Waals surface area contributed by atoms with Crippen molar-refractivity contribution in [3.8, 4) is 0 Å². The highest BCUT2D eigenvalue weighted by atomic mass is 16.4. The first-order valence-electron chi connectivity index (χ1n) is 6.21. The van der Waals surface area contributed by atoms with Crippen LogP contribution < -0.4 is 0 Å². The molecule has 0 saturated heterocycles. The lowest BCUT2D eigenvalue weighted by atomic mass is 9.64. The molecule has 0 aromatic rings.